The molecule has 4 aromatic rings. The molecule has 45 heavy (non-hydrogen) atoms. The van der Waals surface area contributed by atoms with Crippen molar-refractivity contribution in [2.24, 2.45) is 0 Å². The Kier molecular flexibility index (Phi) is 8.77. The van der Waals surface area contributed by atoms with E-state index in [-0.39, 0.29) is 34.6 Å². The zero-order chi connectivity index (χ0) is 31.9. The average molecular weight is 643 g/mol. The molecule has 6 rings (SSSR count). The first kappa shape index (κ1) is 31.3. The van der Waals surface area contributed by atoms with Crippen molar-refractivity contribution < 1.29 is 26.3 Å². The molecule has 1 saturated heterocycles. The summed E-state index contributed by atoms with van der Waals surface area (Å²) in [6.45, 7) is 7.32. The molecule has 1 saturated carbocycles. The standard InChI is InChI=1S/C32H37F3N6O3S/c1-19(2)41-31-24(20-7-9-22(10-8-20)40-11-13-44-14-12-40)17-37-32(36)29(31)30(38-41)23-15-27(35)28(16-26(23)34)39-45(42,43)18-21-5-3-4-6-25(21)33/h3-6,15-17,19-20,22,39H,7-14,18H2,1-2H3,(H2,36,37). The van der Waals surface area contributed by atoms with Crippen molar-refractivity contribution in [2.75, 3.05) is 36.8 Å². The Bertz CT molecular complexity index is 1820. The first-order valence-corrected chi connectivity index (χ1v) is 16.9. The zero-order valence-corrected chi connectivity index (χ0v) is 26.1. The first-order chi connectivity index (χ1) is 21.5. The molecule has 13 heteroatoms. The molecule has 0 radical (unpaired) electrons. The van der Waals surface area contributed by atoms with Crippen LogP contribution in [0.15, 0.2) is 42.6 Å². The second-order valence-corrected chi connectivity index (χ2v) is 13.8. The number of pyridine rings is 1. The van der Waals surface area contributed by atoms with Gasteiger partial charge in [-0.3, -0.25) is 14.3 Å². The molecule has 1 aliphatic heterocycles. The predicted molar refractivity (Wildman–Crippen MR) is 168 cm³/mol. The topological polar surface area (TPSA) is 115 Å². The quantitative estimate of drug-likeness (QED) is 0.243. The third-order valence-corrected chi connectivity index (χ3v) is 10.1. The third-order valence-electron chi connectivity index (χ3n) is 8.85. The van der Waals surface area contributed by atoms with Crippen LogP contribution in [0.3, 0.4) is 0 Å². The number of nitrogens with zero attached hydrogens (tertiary/aromatic N) is 4. The van der Waals surface area contributed by atoms with Gasteiger partial charge in [0.2, 0.25) is 10.0 Å². The molecule has 2 fully saturated rings. The second kappa shape index (κ2) is 12.6. The molecule has 0 atom stereocenters. The van der Waals surface area contributed by atoms with Crippen molar-refractivity contribution >= 4 is 32.4 Å². The highest BCUT2D eigenvalue weighted by atomic mass is 32.2. The van der Waals surface area contributed by atoms with Gasteiger partial charge in [0.05, 0.1) is 35.6 Å². The number of hydrogen-bond acceptors (Lipinski definition) is 7. The number of nitrogens with one attached hydrogen (secondary N) is 1. The van der Waals surface area contributed by atoms with Crippen LogP contribution >= 0.6 is 0 Å². The van der Waals surface area contributed by atoms with Gasteiger partial charge in [0.25, 0.3) is 0 Å². The number of hydrogen-bond donors (Lipinski definition) is 2. The van der Waals surface area contributed by atoms with Crippen molar-refractivity contribution in [3.63, 3.8) is 0 Å². The summed E-state index contributed by atoms with van der Waals surface area (Å²) in [5, 5.41) is 5.16. The Balaban J connectivity index is 1.33. The number of nitrogen functional groups attached to an aromatic ring is 1. The molecular formula is C32H37F3N6O3S. The monoisotopic (exact) mass is 642 g/mol. The van der Waals surface area contributed by atoms with Crippen LogP contribution in [-0.4, -0.2) is 60.4 Å². The van der Waals surface area contributed by atoms with E-state index in [0.717, 1.165) is 81.3 Å². The fourth-order valence-corrected chi connectivity index (χ4v) is 7.81. The molecule has 3 heterocycles. The summed E-state index contributed by atoms with van der Waals surface area (Å²) >= 11 is 0. The number of halogens is 3. The Labute approximate surface area is 260 Å². The number of nitrogens with two attached hydrogens (primary N) is 1. The molecule has 0 spiro atoms. The summed E-state index contributed by atoms with van der Waals surface area (Å²) < 4.78 is 80.0. The minimum atomic E-state index is -4.26. The van der Waals surface area contributed by atoms with Crippen LogP contribution in [0.25, 0.3) is 22.2 Å². The Morgan fingerprint density at radius 3 is 2.42 bits per heavy atom. The van der Waals surface area contributed by atoms with Crippen LogP contribution in [0.5, 0.6) is 0 Å². The van der Waals surface area contributed by atoms with E-state index in [0.29, 0.717) is 11.4 Å². The van der Waals surface area contributed by atoms with E-state index in [1.165, 1.54) is 18.2 Å². The maximum Gasteiger partial charge on any atom is 0.237 e. The highest BCUT2D eigenvalue weighted by molar-refractivity contribution is 7.91. The lowest BCUT2D eigenvalue weighted by atomic mass is 9.81. The SMILES string of the molecule is CC(C)n1nc(-c2cc(F)c(NS(=O)(=O)Cc3ccccc3F)cc2F)c2c(N)ncc(C3CCC(N4CCOCC4)CC3)c21. The van der Waals surface area contributed by atoms with E-state index >= 15 is 8.78 Å². The average Bonchev–Trinajstić information content (AvgIpc) is 3.42. The van der Waals surface area contributed by atoms with E-state index in [4.69, 9.17) is 15.6 Å². The number of aromatic nitrogens is 3. The van der Waals surface area contributed by atoms with Crippen LogP contribution in [0.2, 0.25) is 0 Å². The Morgan fingerprint density at radius 2 is 1.73 bits per heavy atom. The van der Waals surface area contributed by atoms with E-state index in [1.54, 1.807) is 10.9 Å². The van der Waals surface area contributed by atoms with Crippen LogP contribution < -0.4 is 10.5 Å². The maximum absolute atomic E-state index is 15.7. The van der Waals surface area contributed by atoms with Gasteiger partial charge in [0, 0.05) is 48.6 Å². The van der Waals surface area contributed by atoms with Crippen LogP contribution in [-0.2, 0) is 20.5 Å². The number of fused-ring (bicyclic) bond motifs is 1. The van der Waals surface area contributed by atoms with Gasteiger partial charge in [-0.1, -0.05) is 18.2 Å². The molecule has 1 aliphatic carbocycles. The maximum atomic E-state index is 15.7. The highest BCUT2D eigenvalue weighted by Gasteiger charge is 2.31. The Morgan fingerprint density at radius 1 is 1.02 bits per heavy atom. The molecule has 2 aliphatic rings. The van der Waals surface area contributed by atoms with Gasteiger partial charge in [-0.05, 0) is 63.1 Å². The van der Waals surface area contributed by atoms with Crippen molar-refractivity contribution in [3.8, 4) is 11.3 Å². The lowest BCUT2D eigenvalue weighted by Gasteiger charge is -2.39. The highest BCUT2D eigenvalue weighted by Crippen LogP contribution is 2.43. The van der Waals surface area contributed by atoms with Crippen LogP contribution in [0, 0.1) is 17.5 Å². The lowest BCUT2D eigenvalue weighted by molar-refractivity contribution is 0.00731. The lowest BCUT2D eigenvalue weighted by Crippen LogP contribution is -2.44. The summed E-state index contributed by atoms with van der Waals surface area (Å²) in [6.07, 6.45) is 5.75. The molecule has 0 unspecified atom stereocenters. The van der Waals surface area contributed by atoms with E-state index < -0.39 is 38.9 Å². The van der Waals surface area contributed by atoms with Gasteiger partial charge in [-0.15, -0.1) is 0 Å². The summed E-state index contributed by atoms with van der Waals surface area (Å²) in [7, 11) is -4.26. The molecule has 9 nitrogen and oxygen atoms in total. The molecular weight excluding hydrogens is 605 g/mol. The number of morpholine rings is 1. The smallest absolute Gasteiger partial charge is 0.237 e. The summed E-state index contributed by atoms with van der Waals surface area (Å²) in [6, 6.07) is 7.42. The minimum Gasteiger partial charge on any atom is -0.383 e. The van der Waals surface area contributed by atoms with Gasteiger partial charge in [0.1, 0.15) is 29.0 Å². The zero-order valence-electron chi connectivity index (χ0n) is 25.3. The molecule has 3 N–H and O–H groups in total. The summed E-state index contributed by atoms with van der Waals surface area (Å²) in [4.78, 5) is 6.98. The van der Waals surface area contributed by atoms with Crippen molar-refractivity contribution in [2.45, 2.75) is 63.3 Å². The first-order valence-electron chi connectivity index (χ1n) is 15.2. The molecule has 2 aromatic carbocycles. The van der Waals surface area contributed by atoms with E-state index in [2.05, 4.69) is 14.6 Å². The normalized spacial score (nSPS) is 19.8. The van der Waals surface area contributed by atoms with Gasteiger partial charge >= 0.3 is 0 Å². The number of anilines is 2. The number of ether oxygens (including phenoxy) is 1. The van der Waals surface area contributed by atoms with Gasteiger partial charge in [0.15, 0.2) is 0 Å². The van der Waals surface area contributed by atoms with E-state index in [1.807, 2.05) is 13.8 Å². The fraction of sp³-hybridized carbons (Fsp3) is 0.438. The van der Waals surface area contributed by atoms with Crippen LogP contribution in [0.4, 0.5) is 24.7 Å². The number of sulfonamides is 1. The molecule has 240 valence electrons. The fourth-order valence-electron chi connectivity index (χ4n) is 6.60. The Hall–Kier alpha value is -3.68. The van der Waals surface area contributed by atoms with Crippen LogP contribution in [0.1, 0.15) is 62.6 Å². The molecule has 2 aromatic heterocycles. The number of rotatable bonds is 8. The van der Waals surface area contributed by atoms with Gasteiger partial charge in [-0.2, -0.15) is 5.10 Å². The summed E-state index contributed by atoms with van der Waals surface area (Å²) in [5.74, 6) is -3.02. The molecule has 0 amide bonds. The van der Waals surface area contributed by atoms with E-state index in [9.17, 15) is 12.8 Å². The van der Waals surface area contributed by atoms with Gasteiger partial charge in [-0.25, -0.2) is 26.6 Å². The van der Waals surface area contributed by atoms with Crippen molar-refractivity contribution in [1.29, 1.82) is 0 Å². The summed E-state index contributed by atoms with van der Waals surface area (Å²) in [5.41, 5.74) is 7.38. The number of benzene rings is 2. The minimum absolute atomic E-state index is 0.0958. The predicted octanol–water partition coefficient (Wildman–Crippen LogP) is 5.98. The van der Waals surface area contributed by atoms with Crippen molar-refractivity contribution in [3.05, 3.63) is 71.2 Å². The third kappa shape index (κ3) is 6.38. The second-order valence-electron chi connectivity index (χ2n) is 12.1. The largest absolute Gasteiger partial charge is 0.383 e. The van der Waals surface area contributed by atoms with Gasteiger partial charge < -0.3 is 10.5 Å². The van der Waals surface area contributed by atoms with Crippen molar-refractivity contribution in [1.82, 2.24) is 19.7 Å². The molecule has 0 bridgehead atoms.